The van der Waals surface area contributed by atoms with Crippen molar-refractivity contribution in [2.45, 2.75) is 52.9 Å². The molecular weight excluding hydrogens is 292 g/mol. The Kier molecular flexibility index (Phi) is 9.03. The molecule has 0 aliphatic heterocycles. The van der Waals surface area contributed by atoms with Crippen LogP contribution < -0.4 is 0 Å². The average Bonchev–Trinajstić information content (AvgIpc) is 2.58. The van der Waals surface area contributed by atoms with Gasteiger partial charge in [0, 0.05) is 0 Å². The lowest BCUT2D eigenvalue weighted by atomic mass is 10.1. The summed E-state index contributed by atoms with van der Waals surface area (Å²) in [7, 11) is 0. The van der Waals surface area contributed by atoms with Crippen LogP contribution in [0.4, 0.5) is 0 Å². The molecule has 1 unspecified atom stereocenters. The number of hydrogen-bond donors (Lipinski definition) is 0. The van der Waals surface area contributed by atoms with Crippen molar-refractivity contribution in [3.63, 3.8) is 0 Å². The van der Waals surface area contributed by atoms with Gasteiger partial charge in [-0.05, 0) is 43.0 Å². The second-order valence-electron chi connectivity index (χ2n) is 5.86. The molecule has 128 valence electrons. The Morgan fingerprint density at radius 2 is 1.43 bits per heavy atom. The zero-order valence-corrected chi connectivity index (χ0v) is 14.5. The minimum absolute atomic E-state index is 0.349. The maximum atomic E-state index is 11.9. The van der Waals surface area contributed by atoms with Gasteiger partial charge in [0.05, 0.1) is 24.3 Å². The number of carbonyl (C=O) groups is 2. The Labute approximate surface area is 139 Å². The van der Waals surface area contributed by atoms with E-state index in [1.807, 2.05) is 0 Å². The topological polar surface area (TPSA) is 52.6 Å². The van der Waals surface area contributed by atoms with E-state index < -0.39 is 0 Å². The molecule has 4 nitrogen and oxygen atoms in total. The quantitative estimate of drug-likeness (QED) is 0.466. The van der Waals surface area contributed by atoms with Crippen LogP contribution in [0, 0.1) is 5.92 Å². The second kappa shape index (κ2) is 10.8. The van der Waals surface area contributed by atoms with Crippen molar-refractivity contribution in [3.05, 3.63) is 35.4 Å². The van der Waals surface area contributed by atoms with Crippen LogP contribution in [0.2, 0.25) is 0 Å². The largest absolute Gasteiger partial charge is 0.462 e. The van der Waals surface area contributed by atoms with E-state index in [2.05, 4.69) is 20.8 Å². The Morgan fingerprint density at radius 1 is 0.913 bits per heavy atom. The summed E-state index contributed by atoms with van der Waals surface area (Å²) in [5, 5.41) is 0. The molecular formula is C19H28O4. The lowest BCUT2D eigenvalue weighted by molar-refractivity contribution is 0.0475. The fourth-order valence-corrected chi connectivity index (χ4v) is 1.98. The van der Waals surface area contributed by atoms with Gasteiger partial charge in [0.15, 0.2) is 0 Å². The van der Waals surface area contributed by atoms with Crippen LogP contribution in [-0.2, 0) is 9.47 Å². The number of unbranched alkanes of at least 4 members (excludes halogenated alkanes) is 2. The summed E-state index contributed by atoms with van der Waals surface area (Å²) in [5.74, 6) is -0.151. The van der Waals surface area contributed by atoms with Gasteiger partial charge in [-0.3, -0.25) is 0 Å². The van der Waals surface area contributed by atoms with Gasteiger partial charge >= 0.3 is 11.9 Å². The first-order chi connectivity index (χ1) is 11.1. The van der Waals surface area contributed by atoms with E-state index in [0.717, 1.165) is 32.1 Å². The van der Waals surface area contributed by atoms with Crippen LogP contribution in [0.5, 0.6) is 0 Å². The van der Waals surface area contributed by atoms with Crippen molar-refractivity contribution >= 4 is 11.9 Å². The van der Waals surface area contributed by atoms with E-state index in [4.69, 9.17) is 9.47 Å². The van der Waals surface area contributed by atoms with Gasteiger partial charge in [-0.25, -0.2) is 9.59 Å². The summed E-state index contributed by atoms with van der Waals surface area (Å²) < 4.78 is 10.4. The maximum absolute atomic E-state index is 11.9. The van der Waals surface area contributed by atoms with Crippen LogP contribution in [0.25, 0.3) is 0 Å². The van der Waals surface area contributed by atoms with E-state index in [1.165, 1.54) is 0 Å². The van der Waals surface area contributed by atoms with Crippen LogP contribution in [0.3, 0.4) is 0 Å². The van der Waals surface area contributed by atoms with E-state index in [0.29, 0.717) is 30.3 Å². The lowest BCUT2D eigenvalue weighted by Crippen LogP contribution is -2.10. The molecule has 4 heteroatoms. The van der Waals surface area contributed by atoms with Crippen molar-refractivity contribution < 1.29 is 19.1 Å². The molecule has 0 amide bonds. The molecule has 1 aromatic rings. The van der Waals surface area contributed by atoms with Gasteiger partial charge in [-0.2, -0.15) is 0 Å². The van der Waals surface area contributed by atoms with Gasteiger partial charge in [0.1, 0.15) is 0 Å². The highest BCUT2D eigenvalue weighted by molar-refractivity contribution is 5.93. The van der Waals surface area contributed by atoms with Crippen molar-refractivity contribution in [2.24, 2.45) is 5.92 Å². The Bertz CT molecular complexity index is 479. The molecule has 1 rings (SSSR count). The fourth-order valence-electron chi connectivity index (χ4n) is 1.98. The third-order valence-electron chi connectivity index (χ3n) is 3.88. The van der Waals surface area contributed by atoms with Crippen LogP contribution in [0.15, 0.2) is 24.3 Å². The van der Waals surface area contributed by atoms with Crippen LogP contribution in [0.1, 0.15) is 73.6 Å². The van der Waals surface area contributed by atoms with Gasteiger partial charge in [0.2, 0.25) is 0 Å². The highest BCUT2D eigenvalue weighted by atomic mass is 16.5. The van der Waals surface area contributed by atoms with E-state index in [-0.39, 0.29) is 11.9 Å². The Hall–Kier alpha value is -1.84. The van der Waals surface area contributed by atoms with Gasteiger partial charge in [0.25, 0.3) is 0 Å². The summed E-state index contributed by atoms with van der Waals surface area (Å²) in [6, 6.07) is 6.42. The molecule has 0 bridgehead atoms. The zero-order valence-electron chi connectivity index (χ0n) is 14.5. The molecule has 0 aliphatic carbocycles. The zero-order chi connectivity index (χ0) is 17.1. The standard InChI is InChI=1S/C19H28O4/c1-4-6-7-13-22-18(20)16-8-10-17(11-9-16)19(21)23-14-12-15(3)5-2/h8-11,15H,4-7,12-14H2,1-3H3. The molecule has 0 saturated heterocycles. The van der Waals surface area contributed by atoms with Gasteiger partial charge in [-0.1, -0.05) is 40.0 Å². The monoisotopic (exact) mass is 320 g/mol. The molecule has 0 fully saturated rings. The first kappa shape index (κ1) is 19.2. The molecule has 23 heavy (non-hydrogen) atoms. The number of benzene rings is 1. The number of rotatable bonds is 10. The van der Waals surface area contributed by atoms with E-state index in [1.54, 1.807) is 24.3 Å². The highest BCUT2D eigenvalue weighted by Crippen LogP contribution is 2.10. The summed E-state index contributed by atoms with van der Waals surface area (Å²) in [6.45, 7) is 7.21. The number of hydrogen-bond acceptors (Lipinski definition) is 4. The predicted octanol–water partition coefficient (Wildman–Crippen LogP) is 4.63. The molecule has 0 heterocycles. The van der Waals surface area contributed by atoms with Crippen molar-refractivity contribution in [2.75, 3.05) is 13.2 Å². The van der Waals surface area contributed by atoms with E-state index >= 15 is 0 Å². The normalized spacial score (nSPS) is 11.8. The molecule has 0 aromatic heterocycles. The van der Waals surface area contributed by atoms with Crippen molar-refractivity contribution in [1.82, 2.24) is 0 Å². The third-order valence-corrected chi connectivity index (χ3v) is 3.88. The smallest absolute Gasteiger partial charge is 0.338 e. The third kappa shape index (κ3) is 7.31. The Balaban J connectivity index is 2.42. The molecule has 0 saturated carbocycles. The van der Waals surface area contributed by atoms with Gasteiger partial charge in [-0.15, -0.1) is 0 Å². The summed E-state index contributed by atoms with van der Waals surface area (Å²) in [5.41, 5.74) is 0.911. The molecule has 1 aromatic carbocycles. The fraction of sp³-hybridized carbons (Fsp3) is 0.579. The van der Waals surface area contributed by atoms with Crippen molar-refractivity contribution in [3.8, 4) is 0 Å². The number of carbonyl (C=O) groups excluding carboxylic acids is 2. The van der Waals surface area contributed by atoms with Gasteiger partial charge < -0.3 is 9.47 Å². The number of ether oxygens (including phenoxy) is 2. The first-order valence-corrected chi connectivity index (χ1v) is 8.52. The van der Waals surface area contributed by atoms with Crippen LogP contribution in [-0.4, -0.2) is 25.2 Å². The minimum Gasteiger partial charge on any atom is -0.462 e. The molecule has 0 aliphatic rings. The predicted molar refractivity (Wildman–Crippen MR) is 90.6 cm³/mol. The van der Waals surface area contributed by atoms with Crippen LogP contribution >= 0.6 is 0 Å². The summed E-state index contributed by atoms with van der Waals surface area (Å²) >= 11 is 0. The molecule has 0 N–H and O–H groups in total. The first-order valence-electron chi connectivity index (χ1n) is 8.52. The molecule has 1 atom stereocenters. The number of esters is 2. The maximum Gasteiger partial charge on any atom is 0.338 e. The lowest BCUT2D eigenvalue weighted by Gasteiger charge is -2.09. The SMILES string of the molecule is CCCCCOC(=O)c1ccc(C(=O)OCCC(C)CC)cc1. The second-order valence-corrected chi connectivity index (χ2v) is 5.86. The summed E-state index contributed by atoms with van der Waals surface area (Å²) in [4.78, 5) is 23.7. The van der Waals surface area contributed by atoms with E-state index in [9.17, 15) is 9.59 Å². The summed E-state index contributed by atoms with van der Waals surface area (Å²) in [6.07, 6.45) is 4.96. The average molecular weight is 320 g/mol. The minimum atomic E-state index is -0.351. The highest BCUT2D eigenvalue weighted by Gasteiger charge is 2.11. The molecule has 0 spiro atoms. The van der Waals surface area contributed by atoms with Crippen molar-refractivity contribution in [1.29, 1.82) is 0 Å². The Morgan fingerprint density at radius 3 is 1.91 bits per heavy atom. The molecule has 0 radical (unpaired) electrons.